The molecule has 1 atom stereocenters. The Labute approximate surface area is 172 Å². The van der Waals surface area contributed by atoms with Crippen LogP contribution < -0.4 is 5.32 Å². The molecule has 0 spiro atoms. The third kappa shape index (κ3) is 4.97. The molecule has 0 aliphatic heterocycles. The molecule has 0 aliphatic rings. The highest BCUT2D eigenvalue weighted by Crippen LogP contribution is 2.30. The maximum Gasteiger partial charge on any atom is 0.351 e. The first-order chi connectivity index (χ1) is 13.4. The molecule has 1 N–H and O–H groups in total. The lowest BCUT2D eigenvalue weighted by Gasteiger charge is -2.13. The average Bonchev–Trinajstić information content (AvgIpc) is 3.08. The SMILES string of the molecule is Cc1nc(-c2cccc(Cl)c2)sc1C(=O)O[C@H](C)C(=O)NCc1ccccc1. The summed E-state index contributed by atoms with van der Waals surface area (Å²) in [6, 6.07) is 16.8. The number of aryl methyl sites for hydroxylation is 1. The molecule has 7 heteroatoms. The van der Waals surface area contributed by atoms with Gasteiger partial charge in [0.25, 0.3) is 5.91 Å². The number of amides is 1. The van der Waals surface area contributed by atoms with Crippen LogP contribution >= 0.6 is 22.9 Å². The highest BCUT2D eigenvalue weighted by molar-refractivity contribution is 7.17. The van der Waals surface area contributed by atoms with Gasteiger partial charge in [-0.15, -0.1) is 11.3 Å². The number of aromatic nitrogens is 1. The molecule has 0 unspecified atom stereocenters. The van der Waals surface area contributed by atoms with Crippen molar-refractivity contribution in [3.63, 3.8) is 0 Å². The van der Waals surface area contributed by atoms with Crippen molar-refractivity contribution in [3.8, 4) is 10.6 Å². The van der Waals surface area contributed by atoms with Gasteiger partial charge in [-0.2, -0.15) is 0 Å². The van der Waals surface area contributed by atoms with Gasteiger partial charge < -0.3 is 10.1 Å². The molecule has 3 aromatic rings. The summed E-state index contributed by atoms with van der Waals surface area (Å²) in [6.07, 6.45) is -0.910. The number of nitrogens with one attached hydrogen (secondary N) is 1. The number of benzene rings is 2. The molecule has 1 heterocycles. The van der Waals surface area contributed by atoms with E-state index in [-0.39, 0.29) is 5.91 Å². The number of hydrogen-bond acceptors (Lipinski definition) is 5. The zero-order valence-corrected chi connectivity index (χ0v) is 17.0. The second-order valence-electron chi connectivity index (χ2n) is 6.19. The van der Waals surface area contributed by atoms with Crippen molar-refractivity contribution in [3.05, 3.63) is 75.8 Å². The number of ether oxygens (including phenoxy) is 1. The van der Waals surface area contributed by atoms with Gasteiger partial charge in [-0.25, -0.2) is 9.78 Å². The Balaban J connectivity index is 1.63. The number of halogens is 1. The van der Waals surface area contributed by atoms with Crippen molar-refractivity contribution in [1.82, 2.24) is 10.3 Å². The molecule has 1 amide bonds. The molecular weight excluding hydrogens is 396 g/mol. The number of hydrogen-bond donors (Lipinski definition) is 1. The minimum atomic E-state index is -0.910. The van der Waals surface area contributed by atoms with E-state index in [9.17, 15) is 9.59 Å². The molecule has 0 aliphatic carbocycles. The number of carbonyl (C=O) groups excluding carboxylic acids is 2. The third-order valence-electron chi connectivity index (χ3n) is 4.02. The first kappa shape index (κ1) is 20.0. The third-order valence-corrected chi connectivity index (χ3v) is 5.44. The van der Waals surface area contributed by atoms with E-state index < -0.39 is 12.1 Å². The summed E-state index contributed by atoms with van der Waals surface area (Å²) in [5, 5.41) is 4.03. The molecule has 0 radical (unpaired) electrons. The zero-order chi connectivity index (χ0) is 20.1. The minimum absolute atomic E-state index is 0.352. The maximum absolute atomic E-state index is 12.5. The van der Waals surface area contributed by atoms with Gasteiger partial charge in [-0.3, -0.25) is 4.79 Å². The standard InChI is InChI=1S/C21H19ClN2O3S/c1-13-18(28-20(24-13)16-9-6-10-17(22)11-16)21(26)27-14(2)19(25)23-12-15-7-4-3-5-8-15/h3-11,14H,12H2,1-2H3,(H,23,25)/t14-/m1/s1. The van der Waals surface area contributed by atoms with E-state index in [1.54, 1.807) is 26.0 Å². The Morgan fingerprint density at radius 1 is 1.18 bits per heavy atom. The van der Waals surface area contributed by atoms with Gasteiger partial charge in [-0.1, -0.05) is 54.1 Å². The number of nitrogens with zero attached hydrogens (tertiary/aromatic N) is 1. The summed E-state index contributed by atoms with van der Waals surface area (Å²) in [6.45, 7) is 3.66. The van der Waals surface area contributed by atoms with Gasteiger partial charge in [-0.05, 0) is 31.5 Å². The van der Waals surface area contributed by atoms with Gasteiger partial charge in [0, 0.05) is 17.1 Å². The van der Waals surface area contributed by atoms with Crippen molar-refractivity contribution in [1.29, 1.82) is 0 Å². The molecule has 144 valence electrons. The molecular formula is C21H19ClN2O3S. The molecule has 0 saturated carbocycles. The van der Waals surface area contributed by atoms with Gasteiger partial charge >= 0.3 is 5.97 Å². The number of carbonyl (C=O) groups is 2. The van der Waals surface area contributed by atoms with Crippen LogP contribution in [0, 0.1) is 6.92 Å². The lowest BCUT2D eigenvalue weighted by Crippen LogP contribution is -2.35. The van der Waals surface area contributed by atoms with Gasteiger partial charge in [0.05, 0.1) is 5.69 Å². The predicted octanol–water partition coefficient (Wildman–Crippen LogP) is 4.63. The first-order valence-corrected chi connectivity index (χ1v) is 9.89. The van der Waals surface area contributed by atoms with Gasteiger partial charge in [0.1, 0.15) is 9.88 Å². The summed E-state index contributed by atoms with van der Waals surface area (Å²) in [5.74, 6) is -0.917. The summed E-state index contributed by atoms with van der Waals surface area (Å²) < 4.78 is 5.33. The number of rotatable bonds is 6. The maximum atomic E-state index is 12.5. The largest absolute Gasteiger partial charge is 0.448 e. The number of esters is 1. The lowest BCUT2D eigenvalue weighted by molar-refractivity contribution is -0.129. The van der Waals surface area contributed by atoms with E-state index in [1.165, 1.54) is 11.3 Å². The molecule has 0 fully saturated rings. The Morgan fingerprint density at radius 2 is 1.93 bits per heavy atom. The lowest BCUT2D eigenvalue weighted by atomic mass is 10.2. The van der Waals surface area contributed by atoms with Crippen LogP contribution in [0.2, 0.25) is 5.02 Å². The fourth-order valence-electron chi connectivity index (χ4n) is 2.53. The Kier molecular flexibility index (Phi) is 6.44. The minimum Gasteiger partial charge on any atom is -0.448 e. The highest BCUT2D eigenvalue weighted by atomic mass is 35.5. The normalized spacial score (nSPS) is 11.7. The van der Waals surface area contributed by atoms with E-state index >= 15 is 0 Å². The van der Waals surface area contributed by atoms with Crippen LogP contribution in [0.1, 0.15) is 27.9 Å². The summed E-state index contributed by atoms with van der Waals surface area (Å²) in [5.41, 5.74) is 2.36. The van der Waals surface area contributed by atoms with Crippen LogP contribution in [0.15, 0.2) is 54.6 Å². The second-order valence-corrected chi connectivity index (χ2v) is 7.63. The summed E-state index contributed by atoms with van der Waals surface area (Å²) in [4.78, 5) is 29.5. The summed E-state index contributed by atoms with van der Waals surface area (Å²) in [7, 11) is 0. The molecule has 0 bridgehead atoms. The fraction of sp³-hybridized carbons (Fsp3) is 0.190. The van der Waals surface area contributed by atoms with E-state index in [0.717, 1.165) is 11.1 Å². The first-order valence-electron chi connectivity index (χ1n) is 8.70. The molecule has 3 rings (SSSR count). The second kappa shape index (κ2) is 8.99. The van der Waals surface area contributed by atoms with E-state index in [2.05, 4.69) is 10.3 Å². The highest BCUT2D eigenvalue weighted by Gasteiger charge is 2.23. The predicted molar refractivity (Wildman–Crippen MR) is 110 cm³/mol. The molecule has 1 aromatic heterocycles. The van der Waals surface area contributed by atoms with Crippen molar-refractivity contribution < 1.29 is 14.3 Å². The van der Waals surface area contributed by atoms with Crippen LogP contribution in [0.3, 0.4) is 0 Å². The zero-order valence-electron chi connectivity index (χ0n) is 15.4. The van der Waals surface area contributed by atoms with Gasteiger partial charge in [0.15, 0.2) is 6.10 Å². The van der Waals surface area contributed by atoms with Crippen molar-refractivity contribution >= 4 is 34.8 Å². The van der Waals surface area contributed by atoms with Crippen molar-refractivity contribution in [2.75, 3.05) is 0 Å². The smallest absolute Gasteiger partial charge is 0.351 e. The van der Waals surface area contributed by atoms with Crippen LogP contribution in [-0.2, 0) is 16.1 Å². The van der Waals surface area contributed by atoms with Crippen molar-refractivity contribution in [2.45, 2.75) is 26.5 Å². The molecule has 0 saturated heterocycles. The quantitative estimate of drug-likeness (QED) is 0.597. The molecule has 2 aromatic carbocycles. The van der Waals surface area contributed by atoms with Crippen LogP contribution in [0.5, 0.6) is 0 Å². The van der Waals surface area contributed by atoms with Crippen LogP contribution in [0.25, 0.3) is 10.6 Å². The van der Waals surface area contributed by atoms with Crippen LogP contribution in [-0.4, -0.2) is 23.0 Å². The average molecular weight is 415 g/mol. The monoisotopic (exact) mass is 414 g/mol. The molecule has 28 heavy (non-hydrogen) atoms. The Hall–Kier alpha value is -2.70. The summed E-state index contributed by atoms with van der Waals surface area (Å²) >= 11 is 7.24. The van der Waals surface area contributed by atoms with Crippen LogP contribution in [0.4, 0.5) is 0 Å². The van der Waals surface area contributed by atoms with Gasteiger partial charge in [0.2, 0.25) is 0 Å². The fourth-order valence-corrected chi connectivity index (χ4v) is 3.66. The van der Waals surface area contributed by atoms with E-state index in [4.69, 9.17) is 16.3 Å². The van der Waals surface area contributed by atoms with Crippen molar-refractivity contribution in [2.24, 2.45) is 0 Å². The Bertz CT molecular complexity index is 988. The number of thiazole rings is 1. The van der Waals surface area contributed by atoms with E-state index in [0.29, 0.717) is 27.1 Å². The Morgan fingerprint density at radius 3 is 2.64 bits per heavy atom. The molecule has 5 nitrogen and oxygen atoms in total. The topological polar surface area (TPSA) is 68.3 Å². The van der Waals surface area contributed by atoms with E-state index in [1.807, 2.05) is 42.5 Å².